The van der Waals surface area contributed by atoms with E-state index in [0.29, 0.717) is 16.4 Å². The van der Waals surface area contributed by atoms with Crippen LogP contribution < -0.4 is 15.4 Å². The van der Waals surface area contributed by atoms with Crippen molar-refractivity contribution in [2.45, 2.75) is 117 Å². The molecule has 1 aromatic rings. The molecule has 0 atom stereocenters. The highest BCUT2D eigenvalue weighted by Crippen LogP contribution is 2.15. The van der Waals surface area contributed by atoms with Gasteiger partial charge in [-0.2, -0.15) is 0 Å². The maximum atomic E-state index is 12.4. The fourth-order valence-electron chi connectivity index (χ4n) is 3.72. The fraction of sp³-hybridized carbons (Fsp3) is 0.704. The number of amides is 1. The first-order chi connectivity index (χ1) is 15.5. The maximum absolute atomic E-state index is 12.4. The van der Waals surface area contributed by atoms with Crippen LogP contribution in [0.25, 0.3) is 0 Å². The quantitative estimate of drug-likeness (QED) is 0.175. The summed E-state index contributed by atoms with van der Waals surface area (Å²) in [7, 11) is 0. The predicted molar refractivity (Wildman–Crippen MR) is 141 cm³/mol. The zero-order valence-corrected chi connectivity index (χ0v) is 21.5. The minimum Gasteiger partial charge on any atom is -0.491 e. The Labute approximate surface area is 202 Å². The van der Waals surface area contributed by atoms with E-state index in [1.54, 1.807) is 12.1 Å². The van der Waals surface area contributed by atoms with Crippen LogP contribution >= 0.6 is 12.2 Å². The SMILES string of the molecule is CCCCCCCCCCCCCCCCNC(=S)NC(=O)c1cccc(OC(C)C)c1. The van der Waals surface area contributed by atoms with Crippen LogP contribution in [-0.2, 0) is 0 Å². The van der Waals surface area contributed by atoms with E-state index in [4.69, 9.17) is 17.0 Å². The third-order valence-corrected chi connectivity index (χ3v) is 5.76. The second-order valence-corrected chi connectivity index (χ2v) is 9.41. The van der Waals surface area contributed by atoms with Gasteiger partial charge < -0.3 is 10.1 Å². The zero-order chi connectivity index (χ0) is 23.4. The summed E-state index contributed by atoms with van der Waals surface area (Å²) in [6.07, 6.45) is 18.9. The summed E-state index contributed by atoms with van der Waals surface area (Å²) in [6, 6.07) is 7.17. The third-order valence-electron chi connectivity index (χ3n) is 5.51. The minimum atomic E-state index is -0.210. The molecule has 0 aromatic heterocycles. The Kier molecular flexibility index (Phi) is 16.8. The van der Waals surface area contributed by atoms with Crippen molar-refractivity contribution < 1.29 is 9.53 Å². The number of thiocarbonyl (C=S) groups is 1. The molecular weight excluding hydrogens is 416 g/mol. The molecule has 5 heteroatoms. The molecule has 1 aromatic carbocycles. The first kappa shape index (κ1) is 28.4. The van der Waals surface area contributed by atoms with Gasteiger partial charge in [0.1, 0.15) is 5.75 Å². The lowest BCUT2D eigenvalue weighted by Gasteiger charge is -2.12. The normalized spacial score (nSPS) is 10.9. The second kappa shape index (κ2) is 18.9. The lowest BCUT2D eigenvalue weighted by molar-refractivity contribution is 0.0976. The minimum absolute atomic E-state index is 0.0705. The van der Waals surface area contributed by atoms with Gasteiger partial charge in [-0.25, -0.2) is 0 Å². The van der Waals surface area contributed by atoms with E-state index in [0.717, 1.165) is 13.0 Å². The highest BCUT2D eigenvalue weighted by Gasteiger charge is 2.09. The summed E-state index contributed by atoms with van der Waals surface area (Å²) in [4.78, 5) is 12.4. The first-order valence-electron chi connectivity index (χ1n) is 12.9. The van der Waals surface area contributed by atoms with Crippen molar-refractivity contribution in [3.05, 3.63) is 29.8 Å². The number of ether oxygens (including phenoxy) is 1. The van der Waals surface area contributed by atoms with E-state index < -0.39 is 0 Å². The van der Waals surface area contributed by atoms with Gasteiger partial charge >= 0.3 is 0 Å². The highest BCUT2D eigenvalue weighted by molar-refractivity contribution is 7.80. The number of benzene rings is 1. The van der Waals surface area contributed by atoms with Crippen molar-refractivity contribution >= 4 is 23.2 Å². The molecule has 182 valence electrons. The van der Waals surface area contributed by atoms with Crippen LogP contribution in [-0.4, -0.2) is 23.7 Å². The smallest absolute Gasteiger partial charge is 0.257 e. The summed E-state index contributed by atoms with van der Waals surface area (Å²) in [6.45, 7) is 7.00. The Morgan fingerprint density at radius 1 is 0.875 bits per heavy atom. The molecule has 1 rings (SSSR count). The molecular formula is C27H46N2O2S. The van der Waals surface area contributed by atoms with Crippen molar-refractivity contribution in [3.8, 4) is 5.75 Å². The molecule has 0 bridgehead atoms. The average molecular weight is 463 g/mol. The Hall–Kier alpha value is -1.62. The number of rotatable bonds is 18. The van der Waals surface area contributed by atoms with Crippen molar-refractivity contribution in [3.63, 3.8) is 0 Å². The van der Waals surface area contributed by atoms with Crippen molar-refractivity contribution in [1.82, 2.24) is 10.6 Å². The van der Waals surface area contributed by atoms with E-state index in [1.807, 2.05) is 26.0 Å². The van der Waals surface area contributed by atoms with Crippen molar-refractivity contribution in [2.75, 3.05) is 6.54 Å². The standard InChI is InChI=1S/C27H46N2O2S/c1-4-5-6-7-8-9-10-11-12-13-14-15-16-17-21-28-27(32)29-26(30)24-19-18-20-25(22-24)31-23(2)3/h18-20,22-23H,4-17,21H2,1-3H3,(H2,28,29,30,32). The van der Waals surface area contributed by atoms with Gasteiger partial charge in [-0.1, -0.05) is 96.5 Å². The molecule has 32 heavy (non-hydrogen) atoms. The van der Waals surface area contributed by atoms with Crippen LogP contribution in [0.3, 0.4) is 0 Å². The lowest BCUT2D eigenvalue weighted by Crippen LogP contribution is -2.39. The number of nitrogens with one attached hydrogen (secondary N) is 2. The molecule has 0 fully saturated rings. The Morgan fingerprint density at radius 2 is 1.41 bits per heavy atom. The number of hydrogen-bond donors (Lipinski definition) is 2. The fourth-order valence-corrected chi connectivity index (χ4v) is 3.92. The van der Waals surface area contributed by atoms with Crippen LogP contribution in [0.1, 0.15) is 121 Å². The molecule has 4 nitrogen and oxygen atoms in total. The summed E-state index contributed by atoms with van der Waals surface area (Å²) in [5.74, 6) is 0.478. The van der Waals surface area contributed by atoms with Gasteiger partial charge in [0.25, 0.3) is 5.91 Å². The van der Waals surface area contributed by atoms with Crippen LogP contribution in [0.4, 0.5) is 0 Å². The van der Waals surface area contributed by atoms with Gasteiger partial charge in [-0.05, 0) is 50.7 Å². The first-order valence-corrected chi connectivity index (χ1v) is 13.3. The number of unbranched alkanes of at least 4 members (excludes halogenated alkanes) is 13. The lowest BCUT2D eigenvalue weighted by atomic mass is 10.0. The van der Waals surface area contributed by atoms with E-state index in [9.17, 15) is 4.79 Å². The topological polar surface area (TPSA) is 50.4 Å². The van der Waals surface area contributed by atoms with Gasteiger partial charge in [0.2, 0.25) is 0 Å². The molecule has 0 spiro atoms. The maximum Gasteiger partial charge on any atom is 0.257 e. The van der Waals surface area contributed by atoms with Gasteiger partial charge in [-0.15, -0.1) is 0 Å². The Morgan fingerprint density at radius 3 is 1.94 bits per heavy atom. The van der Waals surface area contributed by atoms with E-state index in [-0.39, 0.29) is 12.0 Å². The molecule has 0 saturated heterocycles. The summed E-state index contributed by atoms with van der Waals surface area (Å²) >= 11 is 5.26. The van der Waals surface area contributed by atoms with E-state index in [1.165, 1.54) is 83.5 Å². The van der Waals surface area contributed by atoms with Crippen LogP contribution in [0.5, 0.6) is 5.75 Å². The molecule has 0 aliphatic heterocycles. The number of carbonyl (C=O) groups is 1. The number of carbonyl (C=O) groups excluding carboxylic acids is 1. The van der Waals surface area contributed by atoms with Crippen LogP contribution in [0.2, 0.25) is 0 Å². The average Bonchev–Trinajstić information content (AvgIpc) is 2.76. The summed E-state index contributed by atoms with van der Waals surface area (Å²) < 4.78 is 5.64. The third kappa shape index (κ3) is 15.2. The van der Waals surface area contributed by atoms with Crippen molar-refractivity contribution in [2.24, 2.45) is 0 Å². The van der Waals surface area contributed by atoms with E-state index in [2.05, 4.69) is 17.6 Å². The summed E-state index contributed by atoms with van der Waals surface area (Å²) in [5, 5.41) is 6.28. The van der Waals surface area contributed by atoms with Crippen molar-refractivity contribution in [1.29, 1.82) is 0 Å². The molecule has 0 saturated carbocycles. The molecule has 0 aliphatic carbocycles. The molecule has 0 aliphatic rings. The highest BCUT2D eigenvalue weighted by atomic mass is 32.1. The van der Waals surface area contributed by atoms with Crippen LogP contribution in [0, 0.1) is 0 Å². The molecule has 0 unspecified atom stereocenters. The molecule has 1 amide bonds. The number of hydrogen-bond acceptors (Lipinski definition) is 3. The second-order valence-electron chi connectivity index (χ2n) is 9.00. The molecule has 2 N–H and O–H groups in total. The van der Waals surface area contributed by atoms with Gasteiger partial charge in [0, 0.05) is 12.1 Å². The van der Waals surface area contributed by atoms with Gasteiger partial charge in [0.05, 0.1) is 6.10 Å². The van der Waals surface area contributed by atoms with E-state index >= 15 is 0 Å². The largest absolute Gasteiger partial charge is 0.491 e. The van der Waals surface area contributed by atoms with Gasteiger partial charge in [-0.3, -0.25) is 10.1 Å². The van der Waals surface area contributed by atoms with Crippen LogP contribution in [0.15, 0.2) is 24.3 Å². The Balaban J connectivity index is 1.98. The molecule has 0 radical (unpaired) electrons. The van der Waals surface area contributed by atoms with Gasteiger partial charge in [0.15, 0.2) is 5.11 Å². The zero-order valence-electron chi connectivity index (χ0n) is 20.7. The molecule has 0 heterocycles. The monoisotopic (exact) mass is 462 g/mol. The Bertz CT molecular complexity index is 634. The summed E-state index contributed by atoms with van der Waals surface area (Å²) in [5.41, 5.74) is 0.545. The predicted octanol–water partition coefficient (Wildman–Crippen LogP) is 7.56.